The van der Waals surface area contributed by atoms with E-state index in [4.69, 9.17) is 16.3 Å². The molecule has 0 saturated carbocycles. The van der Waals surface area contributed by atoms with Crippen LogP contribution < -0.4 is 20.3 Å². The van der Waals surface area contributed by atoms with Gasteiger partial charge >= 0.3 is 0 Å². The first-order valence-electron chi connectivity index (χ1n) is 13.8. The number of piperidine rings is 2. The zero-order valence-electron chi connectivity index (χ0n) is 24.5. The molecule has 12 nitrogen and oxygen atoms in total. The van der Waals surface area contributed by atoms with Crippen LogP contribution in [0.1, 0.15) is 25.7 Å². The summed E-state index contributed by atoms with van der Waals surface area (Å²) >= 11 is 6.35. The van der Waals surface area contributed by atoms with Gasteiger partial charge in [-0.2, -0.15) is 4.98 Å². The van der Waals surface area contributed by atoms with E-state index in [0.29, 0.717) is 36.3 Å². The summed E-state index contributed by atoms with van der Waals surface area (Å²) in [7, 11) is 2.50. The number of ether oxygens (including phenoxy) is 1. The van der Waals surface area contributed by atoms with E-state index < -0.39 is 10.0 Å². The van der Waals surface area contributed by atoms with Gasteiger partial charge in [-0.25, -0.2) is 22.7 Å². The molecule has 1 aromatic heterocycles. The molecule has 2 aliphatic heterocycles. The largest absolute Gasteiger partial charge is 0.494 e. The smallest absolute Gasteiger partial charge is 0.247 e. The molecule has 0 spiro atoms. The van der Waals surface area contributed by atoms with Crippen LogP contribution in [0.5, 0.6) is 5.75 Å². The van der Waals surface area contributed by atoms with Gasteiger partial charge in [0.1, 0.15) is 10.8 Å². The van der Waals surface area contributed by atoms with Gasteiger partial charge in [-0.05, 0) is 51.9 Å². The van der Waals surface area contributed by atoms with Gasteiger partial charge in [0.15, 0.2) is 5.82 Å². The molecular formula is C28H39ClN8O4S. The quantitative estimate of drug-likeness (QED) is 0.300. The lowest BCUT2D eigenvalue weighted by Crippen LogP contribution is -2.42. The van der Waals surface area contributed by atoms with Crippen LogP contribution in [0.4, 0.5) is 28.8 Å². The lowest BCUT2D eigenvalue weighted by molar-refractivity contribution is -0.111. The van der Waals surface area contributed by atoms with Gasteiger partial charge in [0.25, 0.3) is 0 Å². The molecule has 0 bridgehead atoms. The average molecular weight is 619 g/mol. The van der Waals surface area contributed by atoms with E-state index in [-0.39, 0.29) is 28.6 Å². The molecule has 2 N–H and O–H groups in total. The van der Waals surface area contributed by atoms with Gasteiger partial charge in [0.05, 0.1) is 36.6 Å². The number of anilines is 4. The molecule has 2 aliphatic rings. The molecule has 42 heavy (non-hydrogen) atoms. The number of nitrogens with one attached hydrogen (secondary N) is 2. The fourth-order valence-corrected chi connectivity index (χ4v) is 6.27. The lowest BCUT2D eigenvalue weighted by atomic mass is 10.0. The summed E-state index contributed by atoms with van der Waals surface area (Å²) in [6.07, 6.45) is 9.16. The minimum absolute atomic E-state index is 0.0534. The molecule has 0 radical (unpaired) electrons. The Morgan fingerprint density at radius 2 is 1.95 bits per heavy atom. The van der Waals surface area contributed by atoms with Gasteiger partial charge in [-0.15, -0.1) is 0 Å². The zero-order chi connectivity index (χ0) is 30.4. The van der Waals surface area contributed by atoms with Crippen molar-refractivity contribution in [3.8, 4) is 5.75 Å². The second kappa shape index (κ2) is 13.8. The molecule has 2 fully saturated rings. The summed E-state index contributed by atoms with van der Waals surface area (Å²) in [4.78, 5) is 30.1. The number of hydrogen-bond acceptors (Lipinski definition) is 10. The van der Waals surface area contributed by atoms with Crippen LogP contribution in [-0.2, 0) is 14.8 Å². The number of carbonyl (C=O) groups excluding carboxylic acids is 1. The van der Waals surface area contributed by atoms with Gasteiger partial charge in [-0.1, -0.05) is 18.2 Å². The van der Waals surface area contributed by atoms with Crippen LogP contribution in [-0.4, -0.2) is 99.4 Å². The first-order chi connectivity index (χ1) is 20.0. The first kappa shape index (κ1) is 31.7. The fraction of sp³-hybridized carbons (Fsp3) is 0.500. The van der Waals surface area contributed by atoms with Crippen LogP contribution >= 0.6 is 11.6 Å². The van der Waals surface area contributed by atoms with Gasteiger partial charge in [0, 0.05) is 50.4 Å². The normalized spacial score (nSPS) is 18.8. The van der Waals surface area contributed by atoms with Crippen LogP contribution in [0.3, 0.4) is 0 Å². The standard InChI is InChI=1S/C28H39ClN8O4S/c1-6-26(38)32-22-14-23(25(41-4)15-24(22)36-12-9-20(10-13-36)35(2)3)33-28-31-17-21(29)27(34-28)30-16-19-8-7-11-37(18-19)42(5,39)40/h6,14-17,19-20H,1,7-13,18H2,2-5H3,(H,32,38)(H,31,33,34). The Hall–Kier alpha value is -3.26. The summed E-state index contributed by atoms with van der Waals surface area (Å²) in [5.74, 6) is 0.648. The number of amides is 1. The minimum atomic E-state index is -3.27. The highest BCUT2D eigenvalue weighted by Gasteiger charge is 2.26. The second-order valence-electron chi connectivity index (χ2n) is 10.7. The van der Waals surface area contributed by atoms with E-state index in [0.717, 1.165) is 44.5 Å². The monoisotopic (exact) mass is 618 g/mol. The molecule has 1 aromatic carbocycles. The maximum atomic E-state index is 12.3. The number of aliphatic imine (C=N–C) groups is 1. The molecule has 0 aliphatic carbocycles. The molecule has 4 rings (SSSR count). The zero-order valence-corrected chi connectivity index (χ0v) is 26.1. The Kier molecular flexibility index (Phi) is 10.4. The Morgan fingerprint density at radius 3 is 2.60 bits per heavy atom. The molecule has 14 heteroatoms. The predicted molar refractivity (Wildman–Crippen MR) is 168 cm³/mol. The van der Waals surface area contributed by atoms with Crippen molar-refractivity contribution in [3.05, 3.63) is 36.0 Å². The number of rotatable bonds is 10. The van der Waals surface area contributed by atoms with Crippen LogP contribution in [0.2, 0.25) is 5.02 Å². The minimum Gasteiger partial charge on any atom is -0.494 e. The van der Waals surface area contributed by atoms with Crippen molar-refractivity contribution in [1.29, 1.82) is 0 Å². The SMILES string of the molecule is C=CC(=O)Nc1cc(Nc2ncc(Cl)c(N=CC3CCCN(S(C)(=O)=O)C3)n2)c(OC)cc1N1CCC(N(C)C)CC1. The molecule has 2 saturated heterocycles. The van der Waals surface area contributed by atoms with E-state index in [2.05, 4.69) is 56.1 Å². The summed E-state index contributed by atoms with van der Waals surface area (Å²) in [6, 6.07) is 4.18. The Morgan fingerprint density at radius 1 is 1.21 bits per heavy atom. The summed E-state index contributed by atoms with van der Waals surface area (Å²) in [5, 5.41) is 6.35. The maximum absolute atomic E-state index is 12.3. The van der Waals surface area contributed by atoms with Crippen molar-refractivity contribution in [2.45, 2.75) is 31.7 Å². The number of benzene rings is 1. The number of aromatic nitrogens is 2. The number of sulfonamides is 1. The molecular weight excluding hydrogens is 580 g/mol. The van der Waals surface area contributed by atoms with Crippen LogP contribution in [0, 0.1) is 5.92 Å². The molecule has 1 amide bonds. The van der Waals surface area contributed by atoms with Gasteiger partial charge in [-0.3, -0.25) is 4.79 Å². The highest BCUT2D eigenvalue weighted by Crippen LogP contribution is 2.39. The number of nitrogens with zero attached hydrogens (tertiary/aromatic N) is 6. The van der Waals surface area contributed by atoms with E-state index in [1.165, 1.54) is 22.8 Å². The predicted octanol–water partition coefficient (Wildman–Crippen LogP) is 3.91. The average Bonchev–Trinajstić information content (AvgIpc) is 2.97. The highest BCUT2D eigenvalue weighted by molar-refractivity contribution is 7.88. The van der Waals surface area contributed by atoms with Crippen molar-refractivity contribution in [2.24, 2.45) is 10.9 Å². The third kappa shape index (κ3) is 7.97. The second-order valence-corrected chi connectivity index (χ2v) is 13.1. The number of hydrogen-bond donors (Lipinski definition) is 2. The fourth-order valence-electron chi connectivity index (χ4n) is 5.21. The van der Waals surface area contributed by atoms with Crippen LogP contribution in [0.15, 0.2) is 36.0 Å². The van der Waals surface area contributed by atoms with Crippen molar-refractivity contribution in [3.63, 3.8) is 0 Å². The van der Waals surface area contributed by atoms with E-state index >= 15 is 0 Å². The van der Waals surface area contributed by atoms with E-state index in [1.807, 2.05) is 6.07 Å². The van der Waals surface area contributed by atoms with Gasteiger partial charge in [0.2, 0.25) is 21.9 Å². The van der Waals surface area contributed by atoms with Crippen molar-refractivity contribution in [1.82, 2.24) is 19.2 Å². The Balaban J connectivity index is 1.58. The van der Waals surface area contributed by atoms with Crippen molar-refractivity contribution in [2.75, 3.05) is 69.2 Å². The summed E-state index contributed by atoms with van der Waals surface area (Å²) in [6.45, 7) is 6.13. The number of carbonyl (C=O) groups is 1. The summed E-state index contributed by atoms with van der Waals surface area (Å²) < 4.78 is 31.1. The van der Waals surface area contributed by atoms with Crippen molar-refractivity contribution < 1.29 is 17.9 Å². The first-order valence-corrected chi connectivity index (χ1v) is 16.1. The maximum Gasteiger partial charge on any atom is 0.247 e. The van der Waals surface area contributed by atoms with E-state index in [9.17, 15) is 13.2 Å². The lowest BCUT2D eigenvalue weighted by Gasteiger charge is -2.37. The third-order valence-electron chi connectivity index (χ3n) is 7.57. The van der Waals surface area contributed by atoms with E-state index in [1.54, 1.807) is 19.4 Å². The van der Waals surface area contributed by atoms with Gasteiger partial charge < -0.3 is 25.2 Å². The third-order valence-corrected chi connectivity index (χ3v) is 9.10. The molecule has 2 aromatic rings. The molecule has 1 atom stereocenters. The molecule has 1 unspecified atom stereocenters. The highest BCUT2D eigenvalue weighted by atomic mass is 35.5. The number of methoxy groups -OCH3 is 1. The van der Waals surface area contributed by atoms with Crippen LogP contribution in [0.25, 0.3) is 0 Å². The van der Waals surface area contributed by atoms with Crippen molar-refractivity contribution >= 4 is 62.6 Å². The summed E-state index contributed by atoms with van der Waals surface area (Å²) in [5.41, 5.74) is 1.99. The molecule has 228 valence electrons. The number of halogens is 1. The Bertz CT molecular complexity index is 1430. The topological polar surface area (TPSA) is 132 Å². The molecule has 3 heterocycles. The Labute approximate surface area is 252 Å².